The maximum absolute atomic E-state index is 6.38. The molecule has 0 saturated carbocycles. The SMILES string of the molecule is C=CCc1cccnc1C(=CCOC)N(c1ccnc2cc(Cl)ccc12)C1c2ccc(Cl)cc2N=CC1C. The Morgan fingerprint density at radius 1 is 1.05 bits per heavy atom. The first-order valence-electron chi connectivity index (χ1n) is 12.4. The van der Waals surface area contributed by atoms with Gasteiger partial charge in [-0.25, -0.2) is 0 Å². The van der Waals surface area contributed by atoms with Gasteiger partial charge in [-0.15, -0.1) is 6.58 Å². The van der Waals surface area contributed by atoms with Gasteiger partial charge in [-0.05, 0) is 60.5 Å². The van der Waals surface area contributed by atoms with Crippen molar-refractivity contribution in [3.05, 3.63) is 113 Å². The molecule has 38 heavy (non-hydrogen) atoms. The number of hydrogen-bond donors (Lipinski definition) is 0. The minimum atomic E-state index is -0.109. The van der Waals surface area contributed by atoms with Gasteiger partial charge in [0.25, 0.3) is 0 Å². The highest BCUT2D eigenvalue weighted by Crippen LogP contribution is 2.46. The van der Waals surface area contributed by atoms with Crippen molar-refractivity contribution in [1.29, 1.82) is 0 Å². The number of halogens is 2. The Bertz CT molecular complexity index is 1550. The van der Waals surface area contributed by atoms with Gasteiger partial charge in [-0.3, -0.25) is 15.0 Å². The summed E-state index contributed by atoms with van der Waals surface area (Å²) in [5, 5.41) is 2.27. The summed E-state index contributed by atoms with van der Waals surface area (Å²) < 4.78 is 5.56. The van der Waals surface area contributed by atoms with Crippen LogP contribution < -0.4 is 4.90 Å². The highest BCUT2D eigenvalue weighted by molar-refractivity contribution is 6.31. The van der Waals surface area contributed by atoms with Crippen LogP contribution in [-0.4, -0.2) is 29.9 Å². The molecule has 3 heterocycles. The lowest BCUT2D eigenvalue weighted by molar-refractivity contribution is 0.234. The normalized spacial score (nSPS) is 16.9. The van der Waals surface area contributed by atoms with Gasteiger partial charge in [-0.1, -0.05) is 48.3 Å². The number of benzene rings is 2. The monoisotopic (exact) mass is 542 g/mol. The van der Waals surface area contributed by atoms with Crippen LogP contribution in [0.4, 0.5) is 11.4 Å². The van der Waals surface area contributed by atoms with E-state index in [9.17, 15) is 0 Å². The number of fused-ring (bicyclic) bond motifs is 2. The van der Waals surface area contributed by atoms with Crippen molar-refractivity contribution in [3.63, 3.8) is 0 Å². The number of rotatable bonds is 8. The molecule has 2 unspecified atom stereocenters. The molecular weight excluding hydrogens is 515 g/mol. The number of nitrogens with zero attached hydrogens (tertiary/aromatic N) is 4. The molecule has 7 heteroatoms. The van der Waals surface area contributed by atoms with Gasteiger partial charge >= 0.3 is 0 Å². The predicted molar refractivity (Wildman–Crippen MR) is 159 cm³/mol. The van der Waals surface area contributed by atoms with Crippen molar-refractivity contribution in [2.24, 2.45) is 10.9 Å². The average molecular weight is 543 g/mol. The van der Waals surface area contributed by atoms with E-state index in [1.54, 1.807) is 7.11 Å². The largest absolute Gasteiger partial charge is 0.381 e. The minimum Gasteiger partial charge on any atom is -0.381 e. The van der Waals surface area contributed by atoms with Crippen LogP contribution in [0.25, 0.3) is 16.6 Å². The Balaban J connectivity index is 1.83. The number of allylic oxidation sites excluding steroid dienone is 1. The number of aromatic nitrogens is 2. The number of pyridine rings is 2. The molecule has 0 N–H and O–H groups in total. The molecule has 1 aliphatic rings. The molecule has 0 amide bonds. The van der Waals surface area contributed by atoms with Crippen LogP contribution in [0.1, 0.15) is 29.8 Å². The summed E-state index contributed by atoms with van der Waals surface area (Å²) in [5.74, 6) is 0.0664. The lowest BCUT2D eigenvalue weighted by Gasteiger charge is -2.40. The topological polar surface area (TPSA) is 50.6 Å². The summed E-state index contributed by atoms with van der Waals surface area (Å²) in [6, 6.07) is 17.7. The highest BCUT2D eigenvalue weighted by atomic mass is 35.5. The second-order valence-corrected chi connectivity index (χ2v) is 10.1. The molecule has 2 aromatic carbocycles. The molecule has 0 bridgehead atoms. The van der Waals surface area contributed by atoms with E-state index in [2.05, 4.69) is 41.6 Å². The molecule has 4 aromatic rings. The van der Waals surface area contributed by atoms with Crippen molar-refractivity contribution in [2.75, 3.05) is 18.6 Å². The summed E-state index contributed by atoms with van der Waals surface area (Å²) in [6.07, 6.45) is 10.3. The van der Waals surface area contributed by atoms with Crippen LogP contribution in [0, 0.1) is 5.92 Å². The number of methoxy groups -OCH3 is 1. The van der Waals surface area contributed by atoms with Crippen LogP contribution in [0.5, 0.6) is 0 Å². The van der Waals surface area contributed by atoms with Gasteiger partial charge in [-0.2, -0.15) is 0 Å². The third-order valence-corrected chi connectivity index (χ3v) is 7.15. The summed E-state index contributed by atoms with van der Waals surface area (Å²) >= 11 is 12.7. The van der Waals surface area contributed by atoms with Gasteiger partial charge < -0.3 is 9.64 Å². The Morgan fingerprint density at radius 3 is 2.68 bits per heavy atom. The van der Waals surface area contributed by atoms with Crippen molar-refractivity contribution in [2.45, 2.75) is 19.4 Å². The molecule has 192 valence electrons. The zero-order valence-electron chi connectivity index (χ0n) is 21.3. The standard InChI is InChI=1S/C31H28Cl2N4O/c1-4-6-21-7-5-14-35-30(21)29(13-16-38-3)37(28-12-15-34-26-17-22(32)8-10-24(26)28)31-20(2)19-36-27-18-23(33)9-11-25(27)31/h4-5,7-15,17-20,31H,1,6,16H2,2-3H3. The molecule has 0 spiro atoms. The fourth-order valence-corrected chi connectivity index (χ4v) is 5.35. The lowest BCUT2D eigenvalue weighted by Crippen LogP contribution is -2.34. The average Bonchev–Trinajstić information content (AvgIpc) is 2.92. The van der Waals surface area contributed by atoms with Crippen molar-refractivity contribution in [3.8, 4) is 0 Å². The van der Waals surface area contributed by atoms with Gasteiger partial charge in [0.1, 0.15) is 0 Å². The van der Waals surface area contributed by atoms with E-state index >= 15 is 0 Å². The van der Waals surface area contributed by atoms with E-state index in [0.717, 1.165) is 44.8 Å². The molecule has 2 aromatic heterocycles. The van der Waals surface area contributed by atoms with Crippen molar-refractivity contribution < 1.29 is 4.74 Å². The summed E-state index contributed by atoms with van der Waals surface area (Å²) in [5.41, 5.74) is 6.60. The third-order valence-electron chi connectivity index (χ3n) is 6.68. The minimum absolute atomic E-state index is 0.0664. The van der Waals surface area contributed by atoms with Crippen LogP contribution in [0.2, 0.25) is 10.0 Å². The maximum Gasteiger partial charge on any atom is 0.0899 e. The zero-order chi connectivity index (χ0) is 26.6. The van der Waals surface area contributed by atoms with E-state index in [-0.39, 0.29) is 12.0 Å². The van der Waals surface area contributed by atoms with E-state index in [4.69, 9.17) is 37.9 Å². The summed E-state index contributed by atoms with van der Waals surface area (Å²) in [4.78, 5) is 16.6. The Hall–Kier alpha value is -3.51. The smallest absolute Gasteiger partial charge is 0.0899 e. The van der Waals surface area contributed by atoms with Gasteiger partial charge in [0.05, 0.1) is 40.9 Å². The van der Waals surface area contributed by atoms with Gasteiger partial charge in [0.2, 0.25) is 0 Å². The second kappa shape index (κ2) is 11.5. The van der Waals surface area contributed by atoms with Crippen LogP contribution in [0.3, 0.4) is 0 Å². The molecule has 0 saturated heterocycles. The molecule has 0 fully saturated rings. The molecule has 1 aliphatic heterocycles. The fourth-order valence-electron chi connectivity index (χ4n) is 5.02. The zero-order valence-corrected chi connectivity index (χ0v) is 22.8. The lowest BCUT2D eigenvalue weighted by atomic mass is 9.88. The van der Waals surface area contributed by atoms with Gasteiger partial charge in [0, 0.05) is 52.6 Å². The van der Waals surface area contributed by atoms with E-state index in [1.165, 1.54) is 0 Å². The molecule has 2 atom stereocenters. The fraction of sp³-hybridized carbons (Fsp3) is 0.194. The van der Waals surface area contributed by atoms with Gasteiger partial charge in [0.15, 0.2) is 0 Å². The summed E-state index contributed by atoms with van der Waals surface area (Å²) in [6.45, 7) is 6.56. The number of aliphatic imine (C=N–C) groups is 1. The van der Waals surface area contributed by atoms with E-state index in [1.807, 2.05) is 67.1 Å². The van der Waals surface area contributed by atoms with Crippen LogP contribution in [-0.2, 0) is 11.2 Å². The number of ether oxygens (including phenoxy) is 1. The maximum atomic E-state index is 6.38. The van der Waals surface area contributed by atoms with E-state index in [0.29, 0.717) is 23.1 Å². The van der Waals surface area contributed by atoms with Crippen molar-refractivity contribution >= 4 is 57.4 Å². The molecule has 5 rings (SSSR count). The number of anilines is 1. The van der Waals surface area contributed by atoms with E-state index < -0.39 is 0 Å². The third kappa shape index (κ3) is 5.10. The first kappa shape index (κ1) is 26.1. The summed E-state index contributed by atoms with van der Waals surface area (Å²) in [7, 11) is 1.69. The highest BCUT2D eigenvalue weighted by Gasteiger charge is 2.34. The molecular formula is C31H28Cl2N4O. The molecule has 0 aliphatic carbocycles. The molecule has 5 nitrogen and oxygen atoms in total. The second-order valence-electron chi connectivity index (χ2n) is 9.20. The molecule has 0 radical (unpaired) electrons. The Morgan fingerprint density at radius 2 is 1.87 bits per heavy atom. The number of hydrogen-bond acceptors (Lipinski definition) is 5. The Labute approximate surface area is 233 Å². The van der Waals surface area contributed by atoms with Crippen molar-refractivity contribution in [1.82, 2.24) is 9.97 Å². The quantitative estimate of drug-likeness (QED) is 0.210. The predicted octanol–water partition coefficient (Wildman–Crippen LogP) is 8.25. The van der Waals surface area contributed by atoms with Crippen LogP contribution >= 0.6 is 23.2 Å². The Kier molecular flexibility index (Phi) is 7.89. The first-order valence-corrected chi connectivity index (χ1v) is 13.2. The first-order chi connectivity index (χ1) is 18.5. The van der Waals surface area contributed by atoms with Crippen LogP contribution in [0.15, 0.2) is 90.7 Å².